The molecule has 0 radical (unpaired) electrons. The van der Waals surface area contributed by atoms with Gasteiger partial charge in [0, 0.05) is 25.1 Å². The Kier molecular flexibility index (Phi) is 6.65. The molecule has 25 heavy (non-hydrogen) atoms. The molecule has 1 atom stereocenters. The molecule has 1 unspecified atom stereocenters. The zero-order valence-corrected chi connectivity index (χ0v) is 13.6. The number of carboxylic acid groups (broad SMARTS) is 1. The number of benzene rings is 1. The number of morpholine rings is 1. The average molecular weight is 359 g/mol. The summed E-state index contributed by atoms with van der Waals surface area (Å²) in [4.78, 5) is 25.6. The van der Waals surface area contributed by atoms with Crippen LogP contribution in [0.25, 0.3) is 0 Å². The van der Waals surface area contributed by atoms with E-state index in [1.165, 1.54) is 25.3 Å². The highest BCUT2D eigenvalue weighted by atomic mass is 19.3. The van der Waals surface area contributed by atoms with Crippen LogP contribution in [0, 0.1) is 0 Å². The Bertz CT molecular complexity index is 619. The Labute approximate surface area is 143 Å². The predicted molar refractivity (Wildman–Crippen MR) is 82.4 cm³/mol. The predicted octanol–water partition coefficient (Wildman–Crippen LogP) is 1.65. The number of Topliss-reactive ketones (excluding diaryl/α,β-unsaturated/α-hetero) is 1. The molecule has 0 spiro atoms. The van der Waals surface area contributed by atoms with Gasteiger partial charge in [-0.1, -0.05) is 0 Å². The molecule has 1 aliphatic rings. The molecule has 138 valence electrons. The number of nitrogens with zero attached hydrogens (tertiary/aromatic N) is 1. The maximum atomic E-state index is 12.4. The van der Waals surface area contributed by atoms with E-state index in [4.69, 9.17) is 9.47 Å². The number of ether oxygens (including phenoxy) is 3. The Morgan fingerprint density at radius 1 is 1.28 bits per heavy atom. The molecule has 2 rings (SSSR count). The highest BCUT2D eigenvalue weighted by molar-refractivity contribution is 5.99. The maximum absolute atomic E-state index is 12.4. The molecule has 1 aromatic rings. The molecule has 0 aromatic heterocycles. The van der Waals surface area contributed by atoms with E-state index in [9.17, 15) is 23.5 Å². The van der Waals surface area contributed by atoms with E-state index in [-0.39, 0.29) is 23.5 Å². The normalized spacial score (nSPS) is 16.5. The third kappa shape index (κ3) is 5.10. The molecule has 0 saturated carbocycles. The van der Waals surface area contributed by atoms with Crippen molar-refractivity contribution in [3.8, 4) is 11.5 Å². The number of hydrogen-bond acceptors (Lipinski definition) is 6. The summed E-state index contributed by atoms with van der Waals surface area (Å²) < 4.78 is 39.1. The van der Waals surface area contributed by atoms with Crippen molar-refractivity contribution in [2.24, 2.45) is 0 Å². The van der Waals surface area contributed by atoms with E-state index >= 15 is 0 Å². The van der Waals surface area contributed by atoms with Gasteiger partial charge in [0.25, 0.3) is 0 Å². The maximum Gasteiger partial charge on any atom is 0.387 e. The molecule has 0 amide bonds. The van der Waals surface area contributed by atoms with Crippen molar-refractivity contribution in [1.29, 1.82) is 0 Å². The molecular weight excluding hydrogens is 340 g/mol. The summed E-state index contributed by atoms with van der Waals surface area (Å²) in [6.45, 7) is -1.35. The van der Waals surface area contributed by atoms with Crippen molar-refractivity contribution in [2.75, 3.05) is 33.4 Å². The molecular formula is C16H19F2NO6. The van der Waals surface area contributed by atoms with Gasteiger partial charge in [-0.2, -0.15) is 8.78 Å². The summed E-state index contributed by atoms with van der Waals surface area (Å²) in [5.74, 6) is -1.75. The highest BCUT2D eigenvalue weighted by Crippen LogP contribution is 2.30. The van der Waals surface area contributed by atoms with Crippen LogP contribution in [0.5, 0.6) is 11.5 Å². The van der Waals surface area contributed by atoms with Crippen LogP contribution in [0.4, 0.5) is 8.78 Å². The Morgan fingerprint density at radius 2 is 1.96 bits per heavy atom. The molecule has 0 bridgehead atoms. The molecule has 1 aliphatic heterocycles. The van der Waals surface area contributed by atoms with Gasteiger partial charge in [0.2, 0.25) is 0 Å². The number of methoxy groups -OCH3 is 1. The number of carbonyl (C=O) groups is 2. The second-order valence-corrected chi connectivity index (χ2v) is 5.37. The van der Waals surface area contributed by atoms with Crippen molar-refractivity contribution >= 4 is 11.8 Å². The van der Waals surface area contributed by atoms with Crippen molar-refractivity contribution in [3.63, 3.8) is 0 Å². The van der Waals surface area contributed by atoms with Gasteiger partial charge in [-0.3, -0.25) is 14.5 Å². The zero-order valence-electron chi connectivity index (χ0n) is 13.6. The van der Waals surface area contributed by atoms with Crippen LogP contribution < -0.4 is 9.47 Å². The number of halogens is 2. The van der Waals surface area contributed by atoms with Gasteiger partial charge in [-0.25, -0.2) is 0 Å². The lowest BCUT2D eigenvalue weighted by molar-refractivity contribution is -0.145. The van der Waals surface area contributed by atoms with E-state index in [2.05, 4.69) is 4.74 Å². The van der Waals surface area contributed by atoms with Gasteiger partial charge >= 0.3 is 12.6 Å². The smallest absolute Gasteiger partial charge is 0.387 e. The quantitative estimate of drug-likeness (QED) is 0.707. The molecule has 0 aliphatic carbocycles. The molecule has 1 saturated heterocycles. The van der Waals surface area contributed by atoms with E-state index < -0.39 is 24.4 Å². The SMILES string of the molecule is COc1cc(C(=O)CC(C(=O)O)N2CCOCC2)ccc1OC(F)F. The third-order valence-electron chi connectivity index (χ3n) is 3.85. The van der Waals surface area contributed by atoms with Crippen LogP contribution in [0.15, 0.2) is 18.2 Å². The minimum absolute atomic E-state index is 0.0237. The van der Waals surface area contributed by atoms with Gasteiger partial charge < -0.3 is 19.3 Å². The van der Waals surface area contributed by atoms with E-state index in [1.807, 2.05) is 0 Å². The van der Waals surface area contributed by atoms with Crippen LogP contribution >= 0.6 is 0 Å². The summed E-state index contributed by atoms with van der Waals surface area (Å²) >= 11 is 0. The summed E-state index contributed by atoms with van der Waals surface area (Å²) in [5, 5.41) is 9.40. The van der Waals surface area contributed by atoms with Gasteiger partial charge in [0.1, 0.15) is 6.04 Å². The topological polar surface area (TPSA) is 85.3 Å². The fraction of sp³-hybridized carbons (Fsp3) is 0.500. The van der Waals surface area contributed by atoms with Crippen molar-refractivity contribution in [3.05, 3.63) is 23.8 Å². The van der Waals surface area contributed by atoms with Gasteiger partial charge in [0.05, 0.1) is 20.3 Å². The summed E-state index contributed by atoms with van der Waals surface area (Å²) in [7, 11) is 1.26. The number of alkyl halides is 2. The van der Waals surface area contributed by atoms with Crippen LogP contribution in [0.2, 0.25) is 0 Å². The molecule has 1 fully saturated rings. The van der Waals surface area contributed by atoms with E-state index in [0.29, 0.717) is 26.3 Å². The van der Waals surface area contributed by atoms with E-state index in [1.54, 1.807) is 4.90 Å². The molecule has 7 nitrogen and oxygen atoms in total. The first kappa shape index (κ1) is 19.1. The number of ketones is 1. The number of hydrogen-bond donors (Lipinski definition) is 1. The molecule has 1 heterocycles. The average Bonchev–Trinajstić information content (AvgIpc) is 2.59. The van der Waals surface area contributed by atoms with Gasteiger partial charge in [-0.15, -0.1) is 0 Å². The van der Waals surface area contributed by atoms with Crippen molar-refractivity contribution in [2.45, 2.75) is 19.1 Å². The standard InChI is InChI=1S/C16H19F2NO6/c1-23-14-8-10(2-3-13(14)25-16(17)18)12(20)9-11(15(21)22)19-4-6-24-7-5-19/h2-3,8,11,16H,4-7,9H2,1H3,(H,21,22). The summed E-state index contributed by atoms with van der Waals surface area (Å²) in [6.07, 6.45) is -0.243. The first-order valence-corrected chi connectivity index (χ1v) is 7.63. The zero-order chi connectivity index (χ0) is 18.4. The third-order valence-corrected chi connectivity index (χ3v) is 3.85. The number of carboxylic acids is 1. The number of aliphatic carboxylic acids is 1. The van der Waals surface area contributed by atoms with Gasteiger partial charge in [0.15, 0.2) is 17.3 Å². The fourth-order valence-corrected chi connectivity index (χ4v) is 2.59. The lowest BCUT2D eigenvalue weighted by atomic mass is 10.0. The molecule has 9 heteroatoms. The van der Waals surface area contributed by atoms with Crippen LogP contribution in [-0.4, -0.2) is 67.8 Å². The largest absolute Gasteiger partial charge is 0.493 e. The Morgan fingerprint density at radius 3 is 2.52 bits per heavy atom. The van der Waals surface area contributed by atoms with Gasteiger partial charge in [-0.05, 0) is 18.2 Å². The minimum Gasteiger partial charge on any atom is -0.493 e. The van der Waals surface area contributed by atoms with E-state index in [0.717, 1.165) is 0 Å². The molecule has 1 N–H and O–H groups in total. The lowest BCUT2D eigenvalue weighted by Gasteiger charge is -2.31. The van der Waals surface area contributed by atoms with Crippen molar-refractivity contribution in [1.82, 2.24) is 4.90 Å². The minimum atomic E-state index is -3.02. The number of rotatable bonds is 8. The number of carbonyl (C=O) groups excluding carboxylic acids is 1. The molecule has 1 aromatic carbocycles. The lowest BCUT2D eigenvalue weighted by Crippen LogP contribution is -2.48. The monoisotopic (exact) mass is 359 g/mol. The Hall–Kier alpha value is -2.26. The highest BCUT2D eigenvalue weighted by Gasteiger charge is 2.30. The first-order valence-electron chi connectivity index (χ1n) is 7.63. The van der Waals surface area contributed by atoms with Crippen LogP contribution in [0.3, 0.4) is 0 Å². The summed E-state index contributed by atoms with van der Waals surface area (Å²) in [6, 6.07) is 2.79. The summed E-state index contributed by atoms with van der Waals surface area (Å²) in [5.41, 5.74) is 0.165. The fourth-order valence-electron chi connectivity index (χ4n) is 2.59. The first-order chi connectivity index (χ1) is 11.9. The second kappa shape index (κ2) is 8.72. The van der Waals surface area contributed by atoms with Crippen LogP contribution in [0.1, 0.15) is 16.8 Å². The van der Waals surface area contributed by atoms with Crippen molar-refractivity contribution < 1.29 is 37.7 Å². The Balaban J connectivity index is 2.13. The second-order valence-electron chi connectivity index (χ2n) is 5.37. The van der Waals surface area contributed by atoms with Crippen LogP contribution in [-0.2, 0) is 9.53 Å².